The van der Waals surface area contributed by atoms with E-state index in [-0.39, 0.29) is 0 Å². The van der Waals surface area contributed by atoms with E-state index in [2.05, 4.69) is 37.4 Å². The summed E-state index contributed by atoms with van der Waals surface area (Å²) in [4.78, 5) is 12.3. The average molecular weight is 218 g/mol. The van der Waals surface area contributed by atoms with Crippen LogP contribution in [0.15, 0.2) is 18.7 Å². The number of aryl methyl sites for hydroxylation is 1. The predicted molar refractivity (Wildman–Crippen MR) is 59.7 cm³/mol. The summed E-state index contributed by atoms with van der Waals surface area (Å²) < 4.78 is 0. The minimum absolute atomic E-state index is 0.586. The van der Waals surface area contributed by atoms with Gasteiger partial charge in [0.15, 0.2) is 0 Å². The van der Waals surface area contributed by atoms with Gasteiger partial charge < -0.3 is 5.32 Å². The fourth-order valence-corrected chi connectivity index (χ4v) is 1.38. The molecule has 2 aromatic heterocycles. The van der Waals surface area contributed by atoms with Crippen molar-refractivity contribution in [3.8, 4) is 0 Å². The Balaban J connectivity index is 1.96. The number of nitrogens with one attached hydrogen (secondary N) is 2. The molecular formula is C10H14N6. The second kappa shape index (κ2) is 5.20. The van der Waals surface area contributed by atoms with Gasteiger partial charge in [0, 0.05) is 11.8 Å². The van der Waals surface area contributed by atoms with E-state index in [1.807, 2.05) is 6.07 Å². The molecule has 0 spiro atoms. The quantitative estimate of drug-likeness (QED) is 0.787. The topological polar surface area (TPSA) is 79.4 Å². The molecule has 0 fully saturated rings. The first-order chi connectivity index (χ1) is 7.88. The molecule has 0 aliphatic heterocycles. The lowest BCUT2D eigenvalue weighted by molar-refractivity contribution is 0.869. The van der Waals surface area contributed by atoms with Gasteiger partial charge in [-0.3, -0.25) is 5.10 Å². The molecule has 0 saturated carbocycles. The van der Waals surface area contributed by atoms with Crippen LogP contribution >= 0.6 is 0 Å². The highest BCUT2D eigenvalue weighted by Gasteiger charge is 1.99. The van der Waals surface area contributed by atoms with Crippen LogP contribution in [0.25, 0.3) is 0 Å². The number of aromatic amines is 1. The molecule has 2 aromatic rings. The van der Waals surface area contributed by atoms with Crippen molar-refractivity contribution in [3.05, 3.63) is 30.2 Å². The van der Waals surface area contributed by atoms with E-state index in [1.165, 1.54) is 6.33 Å². The molecule has 6 heteroatoms. The van der Waals surface area contributed by atoms with E-state index >= 15 is 0 Å². The van der Waals surface area contributed by atoms with E-state index in [0.29, 0.717) is 6.54 Å². The molecule has 2 N–H and O–H groups in total. The van der Waals surface area contributed by atoms with E-state index < -0.39 is 0 Å². The van der Waals surface area contributed by atoms with Gasteiger partial charge >= 0.3 is 0 Å². The van der Waals surface area contributed by atoms with Crippen LogP contribution in [0.1, 0.15) is 24.9 Å². The molecule has 0 amide bonds. The molecule has 0 unspecified atom stereocenters. The molecule has 6 nitrogen and oxygen atoms in total. The van der Waals surface area contributed by atoms with Crippen LogP contribution in [0.4, 0.5) is 5.82 Å². The Morgan fingerprint density at radius 3 is 2.94 bits per heavy atom. The Morgan fingerprint density at radius 2 is 2.19 bits per heavy atom. The van der Waals surface area contributed by atoms with Crippen LogP contribution in [0.5, 0.6) is 0 Å². The average Bonchev–Trinajstić information content (AvgIpc) is 2.80. The number of rotatable bonds is 5. The summed E-state index contributed by atoms with van der Waals surface area (Å²) in [5.74, 6) is 1.60. The smallest absolute Gasteiger partial charge is 0.143 e. The molecule has 2 heterocycles. The Hall–Kier alpha value is -1.98. The Labute approximate surface area is 93.6 Å². The van der Waals surface area contributed by atoms with Crippen molar-refractivity contribution in [2.45, 2.75) is 26.3 Å². The third-order valence-electron chi connectivity index (χ3n) is 2.13. The molecule has 16 heavy (non-hydrogen) atoms. The zero-order chi connectivity index (χ0) is 11.2. The Bertz CT molecular complexity index is 425. The van der Waals surface area contributed by atoms with Crippen LogP contribution in [0, 0.1) is 0 Å². The molecule has 0 atom stereocenters. The van der Waals surface area contributed by atoms with Gasteiger partial charge in [-0.25, -0.2) is 15.0 Å². The van der Waals surface area contributed by atoms with Crippen LogP contribution in [0.2, 0.25) is 0 Å². The highest BCUT2D eigenvalue weighted by Crippen LogP contribution is 2.06. The number of aromatic nitrogens is 5. The van der Waals surface area contributed by atoms with E-state index in [0.717, 1.165) is 30.2 Å². The van der Waals surface area contributed by atoms with Crippen molar-refractivity contribution >= 4 is 5.82 Å². The fourth-order valence-electron chi connectivity index (χ4n) is 1.38. The van der Waals surface area contributed by atoms with Gasteiger partial charge in [0.25, 0.3) is 0 Å². The maximum absolute atomic E-state index is 4.19. The molecule has 0 aliphatic rings. The number of hydrogen-bond acceptors (Lipinski definition) is 5. The lowest BCUT2D eigenvalue weighted by atomic mass is 10.2. The van der Waals surface area contributed by atoms with Gasteiger partial charge in [-0.05, 0) is 6.42 Å². The summed E-state index contributed by atoms with van der Waals surface area (Å²) in [7, 11) is 0. The first kappa shape index (κ1) is 10.5. The van der Waals surface area contributed by atoms with Gasteiger partial charge in [0.2, 0.25) is 0 Å². The molecule has 0 bridgehead atoms. The highest BCUT2D eigenvalue weighted by molar-refractivity contribution is 5.34. The summed E-state index contributed by atoms with van der Waals surface area (Å²) in [6, 6.07) is 1.96. The summed E-state index contributed by atoms with van der Waals surface area (Å²) in [5.41, 5.74) is 1.05. The Morgan fingerprint density at radius 1 is 1.25 bits per heavy atom. The monoisotopic (exact) mass is 218 g/mol. The lowest BCUT2D eigenvalue weighted by Gasteiger charge is -2.04. The molecule has 0 aromatic carbocycles. The SMILES string of the molecule is CCCc1cc(NCc2ncn[nH]2)ncn1. The number of H-pyrrole nitrogens is 1. The predicted octanol–water partition coefficient (Wildman–Crippen LogP) is 1.16. The zero-order valence-corrected chi connectivity index (χ0v) is 9.14. The maximum atomic E-state index is 4.19. The lowest BCUT2D eigenvalue weighted by Crippen LogP contribution is -2.04. The van der Waals surface area contributed by atoms with Crippen LogP contribution in [0.3, 0.4) is 0 Å². The van der Waals surface area contributed by atoms with E-state index in [4.69, 9.17) is 0 Å². The van der Waals surface area contributed by atoms with Gasteiger partial charge in [-0.15, -0.1) is 0 Å². The van der Waals surface area contributed by atoms with E-state index in [9.17, 15) is 0 Å². The fraction of sp³-hybridized carbons (Fsp3) is 0.400. The standard InChI is InChI=1S/C10H14N6/c1-2-3-8-4-9(13-6-12-8)11-5-10-14-7-15-16-10/h4,6-7H,2-3,5H2,1H3,(H,11,12,13)(H,14,15,16). The largest absolute Gasteiger partial charge is 0.363 e. The number of anilines is 1. The van der Waals surface area contributed by atoms with Crippen molar-refractivity contribution in [3.63, 3.8) is 0 Å². The third kappa shape index (κ3) is 2.75. The number of nitrogens with zero attached hydrogens (tertiary/aromatic N) is 4. The minimum Gasteiger partial charge on any atom is -0.363 e. The van der Waals surface area contributed by atoms with Crippen molar-refractivity contribution < 1.29 is 0 Å². The summed E-state index contributed by atoms with van der Waals surface area (Å²) in [5, 5.41) is 9.71. The molecule has 84 valence electrons. The first-order valence-corrected chi connectivity index (χ1v) is 5.27. The highest BCUT2D eigenvalue weighted by atomic mass is 15.2. The zero-order valence-electron chi connectivity index (χ0n) is 9.14. The summed E-state index contributed by atoms with van der Waals surface area (Å²) >= 11 is 0. The molecule has 0 radical (unpaired) electrons. The molecule has 2 rings (SSSR count). The Kier molecular flexibility index (Phi) is 3.42. The van der Waals surface area contributed by atoms with Gasteiger partial charge in [-0.2, -0.15) is 5.10 Å². The van der Waals surface area contributed by atoms with Crippen molar-refractivity contribution in [2.75, 3.05) is 5.32 Å². The minimum atomic E-state index is 0.586. The van der Waals surface area contributed by atoms with Crippen molar-refractivity contribution in [1.29, 1.82) is 0 Å². The second-order valence-electron chi connectivity index (χ2n) is 3.43. The van der Waals surface area contributed by atoms with Gasteiger partial charge in [0.05, 0.1) is 6.54 Å². The molecule has 0 aliphatic carbocycles. The van der Waals surface area contributed by atoms with Gasteiger partial charge in [-0.1, -0.05) is 13.3 Å². The normalized spacial score (nSPS) is 10.3. The van der Waals surface area contributed by atoms with Crippen LogP contribution in [-0.2, 0) is 13.0 Å². The van der Waals surface area contributed by atoms with Crippen molar-refractivity contribution in [1.82, 2.24) is 25.1 Å². The molecule has 0 saturated heterocycles. The maximum Gasteiger partial charge on any atom is 0.143 e. The van der Waals surface area contributed by atoms with Crippen LogP contribution < -0.4 is 5.32 Å². The van der Waals surface area contributed by atoms with Crippen LogP contribution in [-0.4, -0.2) is 25.1 Å². The number of hydrogen-bond donors (Lipinski definition) is 2. The van der Waals surface area contributed by atoms with E-state index in [1.54, 1.807) is 6.33 Å². The molecular weight excluding hydrogens is 204 g/mol. The summed E-state index contributed by atoms with van der Waals surface area (Å²) in [6.45, 7) is 2.71. The summed E-state index contributed by atoms with van der Waals surface area (Å²) in [6.07, 6.45) is 5.12. The van der Waals surface area contributed by atoms with Crippen molar-refractivity contribution in [2.24, 2.45) is 0 Å². The first-order valence-electron chi connectivity index (χ1n) is 5.27. The second-order valence-corrected chi connectivity index (χ2v) is 3.43. The van der Waals surface area contributed by atoms with Gasteiger partial charge in [0.1, 0.15) is 24.3 Å². The third-order valence-corrected chi connectivity index (χ3v) is 2.13.